The molecule has 0 radical (unpaired) electrons. The van der Waals surface area contributed by atoms with Gasteiger partial charge >= 0.3 is 0 Å². The highest BCUT2D eigenvalue weighted by Crippen LogP contribution is 2.45. The molecule has 1 N–H and O–H groups in total. The van der Waals surface area contributed by atoms with Crippen molar-refractivity contribution >= 4 is 16.8 Å². The number of aromatic nitrogens is 1. The number of carbonyl (C=O) groups is 1. The zero-order chi connectivity index (χ0) is 23.5. The molecule has 3 atom stereocenters. The molecule has 4 nitrogen and oxygen atoms in total. The van der Waals surface area contributed by atoms with Crippen molar-refractivity contribution in [2.24, 2.45) is 5.92 Å². The van der Waals surface area contributed by atoms with Crippen molar-refractivity contribution in [3.05, 3.63) is 35.5 Å². The van der Waals surface area contributed by atoms with Crippen LogP contribution in [0.2, 0.25) is 0 Å². The minimum absolute atomic E-state index is 0.107. The number of nitrogens with one attached hydrogen (secondary N) is 1. The standard InChI is InChI=1S/C30H45N3O/c1-3-4-5-6-7-11-17-33-21-22-19-28-26(25-15-12-16-27(33)29(22)25)18-23(20-32(28)2)30(34)31-24-13-9-8-10-14-24/h12,15-16,21,23-24,26,28H,3-11,13-14,17-20H2,1-2H3,(H,31,34)/t23-,26-,28-/m1/s1. The Morgan fingerprint density at radius 1 is 1.06 bits per heavy atom. The quantitative estimate of drug-likeness (QED) is 0.436. The molecule has 1 aromatic heterocycles. The predicted octanol–water partition coefficient (Wildman–Crippen LogP) is 6.41. The molecule has 2 aromatic rings. The molecule has 4 heteroatoms. The van der Waals surface area contributed by atoms with Crippen LogP contribution in [-0.2, 0) is 17.8 Å². The maximum Gasteiger partial charge on any atom is 0.224 e. The lowest BCUT2D eigenvalue weighted by Crippen LogP contribution is -2.52. The molecule has 2 fully saturated rings. The number of fused-ring (bicyclic) bond motifs is 2. The molecule has 2 aliphatic carbocycles. The van der Waals surface area contributed by atoms with E-state index in [2.05, 4.69) is 53.2 Å². The first-order valence-electron chi connectivity index (χ1n) is 14.3. The second-order valence-electron chi connectivity index (χ2n) is 11.5. The van der Waals surface area contributed by atoms with E-state index in [0.717, 1.165) is 38.8 Å². The molecule has 34 heavy (non-hydrogen) atoms. The number of benzene rings is 1. The van der Waals surface area contributed by atoms with E-state index >= 15 is 0 Å². The van der Waals surface area contributed by atoms with Gasteiger partial charge in [0, 0.05) is 48.2 Å². The van der Waals surface area contributed by atoms with Gasteiger partial charge in [0.2, 0.25) is 5.91 Å². The third kappa shape index (κ3) is 4.94. The lowest BCUT2D eigenvalue weighted by Gasteiger charge is -2.45. The lowest BCUT2D eigenvalue weighted by atomic mass is 9.72. The average Bonchev–Trinajstić information content (AvgIpc) is 3.21. The second kappa shape index (κ2) is 10.8. The van der Waals surface area contributed by atoms with Crippen LogP contribution < -0.4 is 5.32 Å². The Kier molecular flexibility index (Phi) is 7.63. The fraction of sp³-hybridized carbons (Fsp3) is 0.700. The smallest absolute Gasteiger partial charge is 0.224 e. The molecule has 1 saturated carbocycles. The molecule has 5 rings (SSSR count). The first-order valence-corrected chi connectivity index (χ1v) is 14.3. The first kappa shape index (κ1) is 23.9. The van der Waals surface area contributed by atoms with Crippen LogP contribution in [0.1, 0.15) is 101 Å². The van der Waals surface area contributed by atoms with Gasteiger partial charge in [0.25, 0.3) is 0 Å². The number of amides is 1. The Hall–Kier alpha value is -1.81. The van der Waals surface area contributed by atoms with Crippen LogP contribution in [-0.4, -0.2) is 41.1 Å². The lowest BCUT2D eigenvalue weighted by molar-refractivity contribution is -0.128. The zero-order valence-corrected chi connectivity index (χ0v) is 21.5. The molecule has 0 bridgehead atoms. The summed E-state index contributed by atoms with van der Waals surface area (Å²) in [6, 6.07) is 7.85. The van der Waals surface area contributed by atoms with Crippen LogP contribution in [0.25, 0.3) is 10.9 Å². The summed E-state index contributed by atoms with van der Waals surface area (Å²) in [7, 11) is 2.25. The van der Waals surface area contributed by atoms with Crippen molar-refractivity contribution in [1.29, 1.82) is 0 Å². The Balaban J connectivity index is 1.30. The summed E-state index contributed by atoms with van der Waals surface area (Å²) in [6.07, 6.45) is 18.8. The van der Waals surface area contributed by atoms with Crippen molar-refractivity contribution in [1.82, 2.24) is 14.8 Å². The highest BCUT2D eigenvalue weighted by molar-refractivity contribution is 5.89. The summed E-state index contributed by atoms with van der Waals surface area (Å²) < 4.78 is 2.53. The third-order valence-corrected chi connectivity index (χ3v) is 9.00. The molecule has 186 valence electrons. The van der Waals surface area contributed by atoms with Gasteiger partial charge in [-0.05, 0) is 56.3 Å². The first-order chi connectivity index (χ1) is 16.7. The predicted molar refractivity (Wildman–Crippen MR) is 141 cm³/mol. The summed E-state index contributed by atoms with van der Waals surface area (Å²) in [6.45, 7) is 4.31. The van der Waals surface area contributed by atoms with Crippen molar-refractivity contribution in [3.63, 3.8) is 0 Å². The molecular formula is C30H45N3O. The summed E-state index contributed by atoms with van der Waals surface area (Å²) >= 11 is 0. The van der Waals surface area contributed by atoms with E-state index < -0.39 is 0 Å². The summed E-state index contributed by atoms with van der Waals surface area (Å²) in [5, 5.41) is 4.92. The van der Waals surface area contributed by atoms with Gasteiger partial charge in [-0.3, -0.25) is 4.79 Å². The maximum atomic E-state index is 13.2. The van der Waals surface area contributed by atoms with E-state index in [-0.39, 0.29) is 5.92 Å². The van der Waals surface area contributed by atoms with Gasteiger partial charge in [-0.2, -0.15) is 0 Å². The number of aryl methyl sites for hydroxylation is 1. The fourth-order valence-corrected chi connectivity index (χ4v) is 7.12. The number of hydrogen-bond donors (Lipinski definition) is 1. The second-order valence-corrected chi connectivity index (χ2v) is 11.5. The van der Waals surface area contributed by atoms with E-state index in [1.807, 2.05) is 0 Å². The van der Waals surface area contributed by atoms with Gasteiger partial charge in [-0.25, -0.2) is 0 Å². The Labute approximate surface area is 206 Å². The van der Waals surface area contributed by atoms with Crippen molar-refractivity contribution < 1.29 is 4.79 Å². The normalized spacial score (nSPS) is 25.4. The Morgan fingerprint density at radius 3 is 2.68 bits per heavy atom. The molecule has 0 spiro atoms. The van der Waals surface area contributed by atoms with Crippen LogP contribution in [0.15, 0.2) is 24.4 Å². The number of unbranched alkanes of at least 4 members (excludes halogenated alkanes) is 5. The number of nitrogens with zero attached hydrogens (tertiary/aromatic N) is 2. The van der Waals surface area contributed by atoms with Gasteiger partial charge in [-0.15, -0.1) is 0 Å². The number of piperidine rings is 1. The molecule has 1 aromatic carbocycles. The van der Waals surface area contributed by atoms with Gasteiger partial charge in [0.05, 0.1) is 5.92 Å². The SMILES string of the molecule is CCCCCCCCn1cc2c3c(cccc31)[C@H]1C[C@@H](C(=O)NC3CCCCC3)CN(C)[C@@H]1C2. The van der Waals surface area contributed by atoms with E-state index in [9.17, 15) is 4.79 Å². The molecular weight excluding hydrogens is 418 g/mol. The molecule has 1 amide bonds. The number of carbonyl (C=O) groups excluding carboxylic acids is 1. The third-order valence-electron chi connectivity index (χ3n) is 9.00. The van der Waals surface area contributed by atoms with Crippen LogP contribution in [0.3, 0.4) is 0 Å². The number of likely N-dealkylation sites (tertiary alicyclic amines) is 1. The van der Waals surface area contributed by atoms with Gasteiger partial charge < -0.3 is 14.8 Å². The minimum atomic E-state index is 0.107. The maximum absolute atomic E-state index is 13.2. The van der Waals surface area contributed by atoms with Gasteiger partial charge in [0.15, 0.2) is 0 Å². The number of hydrogen-bond acceptors (Lipinski definition) is 2. The van der Waals surface area contributed by atoms with Crippen molar-refractivity contribution in [2.75, 3.05) is 13.6 Å². The van der Waals surface area contributed by atoms with Crippen molar-refractivity contribution in [2.45, 2.75) is 115 Å². The number of rotatable bonds is 9. The molecule has 3 aliphatic rings. The van der Waals surface area contributed by atoms with Crippen LogP contribution in [0.4, 0.5) is 0 Å². The van der Waals surface area contributed by atoms with E-state index in [1.54, 1.807) is 0 Å². The average molecular weight is 464 g/mol. The molecule has 1 saturated heterocycles. The van der Waals surface area contributed by atoms with E-state index in [0.29, 0.717) is 23.9 Å². The Bertz CT molecular complexity index is 973. The Morgan fingerprint density at radius 2 is 1.85 bits per heavy atom. The van der Waals surface area contributed by atoms with Crippen LogP contribution in [0, 0.1) is 5.92 Å². The fourth-order valence-electron chi connectivity index (χ4n) is 7.12. The number of likely N-dealkylation sites (N-methyl/N-ethyl adjacent to an activating group) is 1. The molecule has 1 aliphatic heterocycles. The topological polar surface area (TPSA) is 37.3 Å². The van der Waals surface area contributed by atoms with Crippen molar-refractivity contribution in [3.8, 4) is 0 Å². The van der Waals surface area contributed by atoms with E-state index in [4.69, 9.17) is 0 Å². The monoisotopic (exact) mass is 463 g/mol. The zero-order valence-electron chi connectivity index (χ0n) is 21.5. The van der Waals surface area contributed by atoms with Crippen LogP contribution in [0.5, 0.6) is 0 Å². The summed E-state index contributed by atoms with van der Waals surface area (Å²) in [5.41, 5.74) is 4.43. The van der Waals surface area contributed by atoms with E-state index in [1.165, 1.54) is 79.8 Å². The van der Waals surface area contributed by atoms with Gasteiger partial charge in [0.1, 0.15) is 0 Å². The summed E-state index contributed by atoms with van der Waals surface area (Å²) in [5.74, 6) is 0.868. The largest absolute Gasteiger partial charge is 0.353 e. The minimum Gasteiger partial charge on any atom is -0.353 e. The van der Waals surface area contributed by atoms with Gasteiger partial charge in [-0.1, -0.05) is 70.4 Å². The molecule has 2 heterocycles. The molecule has 0 unspecified atom stereocenters. The summed E-state index contributed by atoms with van der Waals surface area (Å²) in [4.78, 5) is 15.7. The van der Waals surface area contributed by atoms with Crippen LogP contribution >= 0.6 is 0 Å². The highest BCUT2D eigenvalue weighted by atomic mass is 16.2. The highest BCUT2D eigenvalue weighted by Gasteiger charge is 2.42.